The second-order valence-corrected chi connectivity index (χ2v) is 5.14. The van der Waals surface area contributed by atoms with Crippen molar-refractivity contribution in [2.24, 2.45) is 0 Å². The van der Waals surface area contributed by atoms with Crippen LogP contribution in [0.15, 0.2) is 31.0 Å². The Bertz CT molecular complexity index is 482. The minimum absolute atomic E-state index is 0.487. The smallest absolute Gasteiger partial charge is 0.0948 e. The zero-order chi connectivity index (χ0) is 12.9. The van der Waals surface area contributed by atoms with Crippen LogP contribution in [-0.4, -0.2) is 25.9 Å². The molecule has 0 bridgehead atoms. The third-order valence-corrected chi connectivity index (χ3v) is 3.76. The van der Waals surface area contributed by atoms with Crippen LogP contribution in [0.25, 0.3) is 0 Å². The number of nitrogens with zero attached hydrogens (tertiary/aromatic N) is 4. The molecular formula is C14H21N5. The van der Waals surface area contributed by atoms with Crippen LogP contribution in [0.4, 0.5) is 0 Å². The third-order valence-electron chi connectivity index (χ3n) is 3.76. The summed E-state index contributed by atoms with van der Waals surface area (Å²) in [7, 11) is 0. The lowest BCUT2D eigenvalue weighted by Gasteiger charge is -2.24. The van der Waals surface area contributed by atoms with Crippen LogP contribution in [0.3, 0.4) is 0 Å². The summed E-state index contributed by atoms with van der Waals surface area (Å²) in [6.07, 6.45) is 12.7. The Kier molecular flexibility index (Phi) is 3.93. The van der Waals surface area contributed by atoms with E-state index >= 15 is 0 Å². The van der Waals surface area contributed by atoms with Crippen LogP contribution in [0.2, 0.25) is 0 Å². The molecule has 5 heteroatoms. The topological polar surface area (TPSA) is 47.7 Å². The summed E-state index contributed by atoms with van der Waals surface area (Å²) in [5, 5.41) is 7.81. The molecule has 0 radical (unpaired) electrons. The van der Waals surface area contributed by atoms with Gasteiger partial charge in [0.05, 0.1) is 12.0 Å². The number of piperidine rings is 1. The molecule has 3 rings (SSSR count). The molecule has 2 aromatic heterocycles. The molecule has 1 unspecified atom stereocenters. The maximum atomic E-state index is 4.31. The van der Waals surface area contributed by atoms with E-state index in [4.69, 9.17) is 0 Å². The largest absolute Gasteiger partial charge is 0.333 e. The van der Waals surface area contributed by atoms with Gasteiger partial charge in [-0.3, -0.25) is 4.68 Å². The first-order valence-corrected chi connectivity index (χ1v) is 7.14. The van der Waals surface area contributed by atoms with Gasteiger partial charge < -0.3 is 9.88 Å². The third kappa shape index (κ3) is 3.04. The fourth-order valence-corrected chi connectivity index (χ4v) is 2.75. The van der Waals surface area contributed by atoms with Crippen molar-refractivity contribution in [1.29, 1.82) is 0 Å². The number of rotatable bonds is 5. The molecule has 0 saturated carbocycles. The molecule has 1 fully saturated rings. The van der Waals surface area contributed by atoms with Crippen LogP contribution < -0.4 is 5.32 Å². The summed E-state index contributed by atoms with van der Waals surface area (Å²) < 4.78 is 4.27. The van der Waals surface area contributed by atoms with Crippen LogP contribution >= 0.6 is 0 Å². The summed E-state index contributed by atoms with van der Waals surface area (Å²) in [4.78, 5) is 4.31. The zero-order valence-electron chi connectivity index (χ0n) is 11.2. The molecule has 1 aliphatic heterocycles. The van der Waals surface area contributed by atoms with Gasteiger partial charge in [-0.25, -0.2) is 4.98 Å². The van der Waals surface area contributed by atoms with Crippen molar-refractivity contribution in [2.45, 2.75) is 44.8 Å². The average molecular weight is 259 g/mol. The van der Waals surface area contributed by atoms with E-state index in [9.17, 15) is 0 Å². The van der Waals surface area contributed by atoms with Crippen LogP contribution in [0.5, 0.6) is 0 Å². The minimum atomic E-state index is 0.487. The van der Waals surface area contributed by atoms with Crippen molar-refractivity contribution in [3.8, 4) is 0 Å². The molecule has 1 saturated heterocycles. The van der Waals surface area contributed by atoms with E-state index in [2.05, 4.69) is 20.0 Å². The summed E-state index contributed by atoms with van der Waals surface area (Å²) in [6, 6.07) is 2.45. The van der Waals surface area contributed by atoms with Gasteiger partial charge in [0.15, 0.2) is 0 Å². The van der Waals surface area contributed by atoms with E-state index in [0.29, 0.717) is 6.04 Å². The van der Waals surface area contributed by atoms with Gasteiger partial charge in [-0.15, -0.1) is 0 Å². The molecule has 0 amide bonds. The highest BCUT2D eigenvalue weighted by Gasteiger charge is 2.17. The molecular weight excluding hydrogens is 238 g/mol. The van der Waals surface area contributed by atoms with E-state index in [0.717, 1.165) is 26.1 Å². The lowest BCUT2D eigenvalue weighted by molar-refractivity contribution is 0.389. The van der Waals surface area contributed by atoms with Crippen molar-refractivity contribution < 1.29 is 0 Å². The number of hydrogen-bond donors (Lipinski definition) is 1. The Morgan fingerprint density at radius 1 is 1.32 bits per heavy atom. The van der Waals surface area contributed by atoms with Crippen molar-refractivity contribution >= 4 is 0 Å². The first kappa shape index (κ1) is 12.4. The summed E-state index contributed by atoms with van der Waals surface area (Å²) in [6.45, 7) is 3.10. The van der Waals surface area contributed by atoms with Gasteiger partial charge in [0.25, 0.3) is 0 Å². The van der Waals surface area contributed by atoms with E-state index in [-0.39, 0.29) is 0 Å². The van der Waals surface area contributed by atoms with Gasteiger partial charge in [0.1, 0.15) is 0 Å². The van der Waals surface area contributed by atoms with Gasteiger partial charge in [-0.05, 0) is 31.9 Å². The first-order chi connectivity index (χ1) is 9.43. The molecule has 1 N–H and O–H groups in total. The predicted molar refractivity (Wildman–Crippen MR) is 73.7 cm³/mol. The molecule has 0 aliphatic carbocycles. The summed E-state index contributed by atoms with van der Waals surface area (Å²) in [5.41, 5.74) is 1.33. The van der Waals surface area contributed by atoms with Gasteiger partial charge in [-0.2, -0.15) is 5.10 Å². The average Bonchev–Trinajstić information content (AvgIpc) is 3.11. The molecule has 3 heterocycles. The molecule has 19 heavy (non-hydrogen) atoms. The molecule has 0 aromatic carbocycles. The maximum Gasteiger partial charge on any atom is 0.0948 e. The second kappa shape index (κ2) is 6.02. The monoisotopic (exact) mass is 259 g/mol. The number of aryl methyl sites for hydroxylation is 2. The highest BCUT2D eigenvalue weighted by molar-refractivity contribution is 5.06. The lowest BCUT2D eigenvalue weighted by atomic mass is 10.0. The Labute approximate surface area is 113 Å². The number of imidazole rings is 1. The second-order valence-electron chi connectivity index (χ2n) is 5.14. The number of hydrogen-bond acceptors (Lipinski definition) is 3. The molecule has 102 valence electrons. The summed E-state index contributed by atoms with van der Waals surface area (Å²) in [5.74, 6) is 0. The zero-order valence-corrected chi connectivity index (χ0v) is 11.2. The SMILES string of the molecule is c1cnn(CCCn2cncc2C2CCCCN2)c1. The maximum absolute atomic E-state index is 4.31. The van der Waals surface area contributed by atoms with Gasteiger partial charge >= 0.3 is 0 Å². The highest BCUT2D eigenvalue weighted by Crippen LogP contribution is 2.22. The minimum Gasteiger partial charge on any atom is -0.333 e. The standard InChI is InChI=1S/C14H21N5/c1-2-6-16-13(5-1)14-11-15-12-18(14)8-4-10-19-9-3-7-17-19/h3,7,9,11-13,16H,1-2,4-6,8,10H2. The van der Waals surface area contributed by atoms with E-state index in [1.54, 1.807) is 0 Å². The van der Waals surface area contributed by atoms with E-state index in [1.165, 1.54) is 25.0 Å². The molecule has 0 spiro atoms. The fourth-order valence-electron chi connectivity index (χ4n) is 2.75. The number of nitrogens with one attached hydrogen (secondary N) is 1. The van der Waals surface area contributed by atoms with Crippen molar-refractivity contribution in [3.63, 3.8) is 0 Å². The van der Waals surface area contributed by atoms with Crippen molar-refractivity contribution in [3.05, 3.63) is 36.7 Å². The Balaban J connectivity index is 1.57. The van der Waals surface area contributed by atoms with Crippen molar-refractivity contribution in [1.82, 2.24) is 24.6 Å². The van der Waals surface area contributed by atoms with E-state index in [1.807, 2.05) is 35.7 Å². The van der Waals surface area contributed by atoms with E-state index < -0.39 is 0 Å². The Morgan fingerprint density at radius 2 is 2.32 bits per heavy atom. The highest BCUT2D eigenvalue weighted by atomic mass is 15.3. The molecule has 1 aliphatic rings. The Hall–Kier alpha value is -1.62. The Morgan fingerprint density at radius 3 is 3.11 bits per heavy atom. The summed E-state index contributed by atoms with van der Waals surface area (Å²) >= 11 is 0. The first-order valence-electron chi connectivity index (χ1n) is 7.14. The molecule has 2 aromatic rings. The quantitative estimate of drug-likeness (QED) is 0.893. The lowest BCUT2D eigenvalue weighted by Crippen LogP contribution is -2.28. The van der Waals surface area contributed by atoms with Gasteiger partial charge in [0, 0.05) is 37.7 Å². The number of aromatic nitrogens is 4. The van der Waals surface area contributed by atoms with Crippen LogP contribution in [-0.2, 0) is 13.1 Å². The predicted octanol–water partition coefficient (Wildman–Crippen LogP) is 1.98. The molecule has 5 nitrogen and oxygen atoms in total. The van der Waals surface area contributed by atoms with Crippen LogP contribution in [0, 0.1) is 0 Å². The van der Waals surface area contributed by atoms with Gasteiger partial charge in [-0.1, -0.05) is 6.42 Å². The van der Waals surface area contributed by atoms with Gasteiger partial charge in [0.2, 0.25) is 0 Å². The van der Waals surface area contributed by atoms with Crippen LogP contribution in [0.1, 0.15) is 37.4 Å². The molecule has 1 atom stereocenters. The fraction of sp³-hybridized carbons (Fsp3) is 0.571. The van der Waals surface area contributed by atoms with Crippen molar-refractivity contribution in [2.75, 3.05) is 6.54 Å². The normalized spacial score (nSPS) is 19.7.